The van der Waals surface area contributed by atoms with E-state index in [4.69, 9.17) is 0 Å². The molecule has 0 unspecified atom stereocenters. The van der Waals surface area contributed by atoms with Crippen LogP contribution in [-0.2, 0) is 9.32 Å². The first-order valence-corrected chi connectivity index (χ1v) is 3.68. The second-order valence-corrected chi connectivity index (χ2v) is 2.57. The molecular weight excluding hydrogens is 164 g/mol. The summed E-state index contributed by atoms with van der Waals surface area (Å²) in [5.74, 6) is -3.00. The number of rotatable bonds is 0. The van der Waals surface area contributed by atoms with Crippen molar-refractivity contribution in [2.75, 3.05) is 12.3 Å². The maximum atomic E-state index is 12.4. The van der Waals surface area contributed by atoms with Crippen molar-refractivity contribution in [3.05, 3.63) is 0 Å². The van der Waals surface area contributed by atoms with Crippen molar-refractivity contribution in [3.8, 4) is 0 Å². The highest BCUT2D eigenvalue weighted by molar-refractivity contribution is 7.94. The summed E-state index contributed by atoms with van der Waals surface area (Å²) in [5, 5.41) is 0. The summed E-state index contributed by atoms with van der Waals surface area (Å²) in [7, 11) is 0. The molecule has 0 radical (unpaired) electrons. The summed E-state index contributed by atoms with van der Waals surface area (Å²) in [6.45, 7) is 0.105. The fourth-order valence-electron chi connectivity index (χ4n) is 0.506. The fraction of sp³-hybridized carbons (Fsp3) is 1.00. The molecule has 60 valence electrons. The Morgan fingerprint density at radius 2 is 2.30 bits per heavy atom. The molecule has 1 heterocycles. The smallest absolute Gasteiger partial charge is 0.206 e. The Morgan fingerprint density at radius 3 is 3.10 bits per heavy atom. The number of nitrogens with one attached hydrogen (secondary N) is 1. The molecule has 0 spiro atoms. The van der Waals surface area contributed by atoms with E-state index in [0.29, 0.717) is 12.0 Å². The number of alkyl halides is 2. The highest BCUT2D eigenvalue weighted by atomic mass is 32.2. The first kappa shape index (κ1) is 8.19. The van der Waals surface area contributed by atoms with E-state index in [9.17, 15) is 8.78 Å². The van der Waals surface area contributed by atoms with E-state index >= 15 is 0 Å². The van der Waals surface area contributed by atoms with Crippen LogP contribution in [0.3, 0.4) is 0 Å². The molecule has 1 saturated heterocycles. The molecule has 1 N–H and O–H groups in total. The van der Waals surface area contributed by atoms with Crippen LogP contribution in [0.4, 0.5) is 8.78 Å². The van der Waals surface area contributed by atoms with Gasteiger partial charge in [0.05, 0.1) is 5.75 Å². The Hall–Kier alpha value is 0.0900. The summed E-state index contributed by atoms with van der Waals surface area (Å²) >= 11 is 0.601. The van der Waals surface area contributed by atoms with Gasteiger partial charge in [-0.05, 0) is 0 Å². The molecule has 6 heteroatoms. The molecule has 0 aliphatic carbocycles. The van der Waals surface area contributed by atoms with Crippen LogP contribution in [0.25, 0.3) is 0 Å². The molecule has 1 aliphatic rings. The van der Waals surface area contributed by atoms with Gasteiger partial charge in [0.1, 0.15) is 0 Å². The Morgan fingerprint density at radius 1 is 1.50 bits per heavy atom. The molecule has 0 aromatic rings. The van der Waals surface area contributed by atoms with Gasteiger partial charge >= 0.3 is 0 Å². The van der Waals surface area contributed by atoms with Gasteiger partial charge in [0, 0.05) is 25.0 Å². The van der Waals surface area contributed by atoms with Gasteiger partial charge in [-0.3, -0.25) is 0 Å². The Balaban J connectivity index is 2.30. The lowest BCUT2D eigenvalue weighted by Crippen LogP contribution is -2.29. The minimum atomic E-state index is -2.65. The van der Waals surface area contributed by atoms with Crippen molar-refractivity contribution in [1.29, 1.82) is 0 Å². The second-order valence-electron chi connectivity index (χ2n) is 1.91. The summed E-state index contributed by atoms with van der Waals surface area (Å²) < 4.78 is 29.1. The lowest BCUT2D eigenvalue weighted by atomic mass is 10.3. The van der Waals surface area contributed by atoms with E-state index < -0.39 is 5.92 Å². The van der Waals surface area contributed by atoms with Crippen LogP contribution in [0.15, 0.2) is 0 Å². The van der Waals surface area contributed by atoms with Crippen molar-refractivity contribution in [3.63, 3.8) is 0 Å². The molecular formula is C4H7F2NO2S. The molecule has 0 atom stereocenters. The number of hydrogen-bond acceptors (Lipinski definition) is 4. The monoisotopic (exact) mass is 171 g/mol. The molecule has 0 aromatic carbocycles. The summed E-state index contributed by atoms with van der Waals surface area (Å²) in [5.41, 5.74) is 2.22. The molecule has 3 nitrogen and oxygen atoms in total. The molecule has 0 saturated carbocycles. The zero-order valence-electron chi connectivity index (χ0n) is 5.10. The van der Waals surface area contributed by atoms with Gasteiger partial charge in [-0.1, -0.05) is 0 Å². The predicted molar refractivity (Wildman–Crippen MR) is 32.2 cm³/mol. The van der Waals surface area contributed by atoms with Crippen LogP contribution in [0.2, 0.25) is 0 Å². The lowest BCUT2D eigenvalue weighted by Gasteiger charge is -2.17. The third-order valence-electron chi connectivity index (χ3n) is 1.00. The molecule has 0 bridgehead atoms. The van der Waals surface area contributed by atoms with Crippen LogP contribution in [-0.4, -0.2) is 18.2 Å². The van der Waals surface area contributed by atoms with Crippen molar-refractivity contribution >= 4 is 12.0 Å². The number of hydroxylamine groups is 1. The largest absolute Gasteiger partial charge is 0.260 e. The number of hydrogen-bond donors (Lipinski definition) is 1. The van der Waals surface area contributed by atoms with E-state index in [-0.39, 0.29) is 18.7 Å². The minimum absolute atomic E-state index is 0.105. The average Bonchev–Trinajstić information content (AvgIpc) is 1.81. The molecule has 0 amide bonds. The summed E-state index contributed by atoms with van der Waals surface area (Å²) in [4.78, 5) is 4.25. The summed E-state index contributed by atoms with van der Waals surface area (Å²) in [6.07, 6.45) is -0.219. The Bertz CT molecular complexity index is 103. The van der Waals surface area contributed by atoms with Crippen molar-refractivity contribution in [1.82, 2.24) is 5.48 Å². The van der Waals surface area contributed by atoms with Crippen LogP contribution in [0.1, 0.15) is 6.42 Å². The topological polar surface area (TPSA) is 30.5 Å². The van der Waals surface area contributed by atoms with Crippen molar-refractivity contribution in [2.24, 2.45) is 0 Å². The molecule has 10 heavy (non-hydrogen) atoms. The fourth-order valence-corrected chi connectivity index (χ4v) is 0.967. The van der Waals surface area contributed by atoms with E-state index in [0.717, 1.165) is 0 Å². The standard InChI is InChI=1S/C4H7F2NO2S/c5-4(6)1-2-7-8-9-10-3-4/h7H,1-3H2. The van der Waals surface area contributed by atoms with Gasteiger partial charge in [0.15, 0.2) is 0 Å². The minimum Gasteiger partial charge on any atom is -0.206 e. The Kier molecular flexibility index (Phi) is 2.84. The SMILES string of the molecule is FC1(F)CCNOOSC1. The van der Waals surface area contributed by atoms with E-state index in [1.165, 1.54) is 0 Å². The quantitative estimate of drug-likeness (QED) is 0.437. The molecule has 1 fully saturated rings. The van der Waals surface area contributed by atoms with E-state index in [2.05, 4.69) is 14.8 Å². The van der Waals surface area contributed by atoms with E-state index in [1.807, 2.05) is 0 Å². The van der Waals surface area contributed by atoms with Gasteiger partial charge in [-0.15, -0.1) is 9.32 Å². The van der Waals surface area contributed by atoms with Gasteiger partial charge < -0.3 is 0 Å². The van der Waals surface area contributed by atoms with Crippen molar-refractivity contribution in [2.45, 2.75) is 12.3 Å². The van der Waals surface area contributed by atoms with Crippen LogP contribution >= 0.6 is 12.0 Å². The number of halogens is 2. The first-order chi connectivity index (χ1) is 4.71. The van der Waals surface area contributed by atoms with Crippen molar-refractivity contribution < 1.29 is 18.1 Å². The third kappa shape index (κ3) is 2.78. The normalized spacial score (nSPS) is 27.0. The zero-order chi connectivity index (χ0) is 7.45. The molecule has 0 aromatic heterocycles. The predicted octanol–water partition coefficient (Wildman–Crippen LogP) is 1.13. The third-order valence-corrected chi connectivity index (χ3v) is 1.71. The Labute approximate surface area is 61.2 Å². The van der Waals surface area contributed by atoms with Gasteiger partial charge in [0.2, 0.25) is 0 Å². The van der Waals surface area contributed by atoms with Gasteiger partial charge in [0.25, 0.3) is 5.92 Å². The molecule has 1 aliphatic heterocycles. The summed E-state index contributed by atoms with van der Waals surface area (Å²) in [6, 6.07) is 0. The van der Waals surface area contributed by atoms with Crippen LogP contribution in [0.5, 0.6) is 0 Å². The second kappa shape index (κ2) is 3.47. The molecule has 1 rings (SSSR count). The average molecular weight is 171 g/mol. The van der Waals surface area contributed by atoms with Gasteiger partial charge in [-0.25, -0.2) is 8.78 Å². The maximum absolute atomic E-state index is 12.4. The lowest BCUT2D eigenvalue weighted by molar-refractivity contribution is -0.250. The van der Waals surface area contributed by atoms with E-state index in [1.54, 1.807) is 0 Å². The highest BCUT2D eigenvalue weighted by Crippen LogP contribution is 2.24. The van der Waals surface area contributed by atoms with Crippen LogP contribution < -0.4 is 5.48 Å². The van der Waals surface area contributed by atoms with Gasteiger partial charge in [-0.2, -0.15) is 5.48 Å². The van der Waals surface area contributed by atoms with Crippen LogP contribution in [0, 0.1) is 0 Å². The maximum Gasteiger partial charge on any atom is 0.260 e. The highest BCUT2D eigenvalue weighted by Gasteiger charge is 2.30. The zero-order valence-corrected chi connectivity index (χ0v) is 5.92. The first-order valence-electron chi connectivity index (χ1n) is 2.76.